The second kappa shape index (κ2) is 3.73. The van der Waals surface area contributed by atoms with Crippen LogP contribution in [0, 0.1) is 5.92 Å². The zero-order valence-corrected chi connectivity index (χ0v) is 8.27. The standard InChI is InChI=1S/C11H11NO3/c1-15-9-2-3-10-7(5-9)4-8(6-13)11(14)12-10/h2-7,10H,1H3,(H,12,14). The zero-order chi connectivity index (χ0) is 10.8. The lowest BCUT2D eigenvalue weighted by atomic mass is 9.89. The second-order valence-electron chi connectivity index (χ2n) is 3.45. The van der Waals surface area contributed by atoms with Crippen molar-refractivity contribution in [1.29, 1.82) is 0 Å². The molecule has 1 heterocycles. The number of rotatable bonds is 2. The summed E-state index contributed by atoms with van der Waals surface area (Å²) in [5.41, 5.74) is 0.179. The van der Waals surface area contributed by atoms with Gasteiger partial charge in [0.25, 0.3) is 5.91 Å². The van der Waals surface area contributed by atoms with Crippen molar-refractivity contribution in [2.75, 3.05) is 7.11 Å². The molecule has 2 rings (SSSR count). The molecule has 0 saturated heterocycles. The number of fused-ring (bicyclic) bond motifs is 1. The molecule has 2 unspecified atom stereocenters. The van der Waals surface area contributed by atoms with E-state index in [2.05, 4.69) is 5.32 Å². The second-order valence-corrected chi connectivity index (χ2v) is 3.45. The highest BCUT2D eigenvalue weighted by molar-refractivity contribution is 6.11. The van der Waals surface area contributed by atoms with Crippen LogP contribution in [0.4, 0.5) is 0 Å². The molecule has 0 aromatic rings. The third kappa shape index (κ3) is 1.70. The van der Waals surface area contributed by atoms with Crippen LogP contribution in [0.25, 0.3) is 0 Å². The maximum atomic E-state index is 11.3. The number of methoxy groups -OCH3 is 1. The van der Waals surface area contributed by atoms with E-state index < -0.39 is 0 Å². The third-order valence-electron chi connectivity index (χ3n) is 2.53. The van der Waals surface area contributed by atoms with Crippen molar-refractivity contribution in [3.05, 3.63) is 35.6 Å². The summed E-state index contributed by atoms with van der Waals surface area (Å²) < 4.78 is 5.08. The Morgan fingerprint density at radius 2 is 2.27 bits per heavy atom. The molecule has 0 spiro atoms. The van der Waals surface area contributed by atoms with Crippen LogP contribution >= 0.6 is 0 Å². The summed E-state index contributed by atoms with van der Waals surface area (Å²) in [6.07, 6.45) is 7.79. The van der Waals surface area contributed by atoms with E-state index in [1.165, 1.54) is 0 Å². The molecule has 1 amide bonds. The predicted octanol–water partition coefficient (Wildman–Crippen LogP) is 0.326. The fraction of sp³-hybridized carbons (Fsp3) is 0.273. The van der Waals surface area contributed by atoms with Crippen LogP contribution in [0.1, 0.15) is 0 Å². The molecule has 1 N–H and O–H groups in total. The van der Waals surface area contributed by atoms with E-state index in [4.69, 9.17) is 4.74 Å². The van der Waals surface area contributed by atoms with Gasteiger partial charge in [-0.15, -0.1) is 0 Å². The molecular weight excluding hydrogens is 194 g/mol. The number of carbonyl (C=O) groups is 2. The first-order chi connectivity index (χ1) is 7.24. The molecule has 1 aliphatic carbocycles. The first kappa shape index (κ1) is 9.71. The first-order valence-electron chi connectivity index (χ1n) is 4.66. The van der Waals surface area contributed by atoms with Gasteiger partial charge in [0, 0.05) is 5.92 Å². The van der Waals surface area contributed by atoms with Crippen LogP contribution in [0.3, 0.4) is 0 Å². The number of hydrogen-bond donors (Lipinski definition) is 1. The van der Waals surface area contributed by atoms with E-state index in [-0.39, 0.29) is 23.4 Å². The van der Waals surface area contributed by atoms with Gasteiger partial charge in [-0.05, 0) is 12.2 Å². The SMILES string of the molecule is COC1=CC2C=C(C=O)C(=O)NC2C=C1. The van der Waals surface area contributed by atoms with E-state index in [1.807, 2.05) is 12.2 Å². The van der Waals surface area contributed by atoms with Crippen LogP contribution < -0.4 is 5.32 Å². The molecule has 0 saturated carbocycles. The monoisotopic (exact) mass is 205 g/mol. The van der Waals surface area contributed by atoms with E-state index in [0.29, 0.717) is 6.29 Å². The molecule has 15 heavy (non-hydrogen) atoms. The van der Waals surface area contributed by atoms with E-state index in [1.54, 1.807) is 19.3 Å². The molecular formula is C11H11NO3. The molecule has 78 valence electrons. The Hall–Kier alpha value is -1.84. The lowest BCUT2D eigenvalue weighted by Crippen LogP contribution is -2.43. The van der Waals surface area contributed by atoms with E-state index >= 15 is 0 Å². The van der Waals surface area contributed by atoms with Gasteiger partial charge in [0.05, 0.1) is 18.7 Å². The summed E-state index contributed by atoms with van der Waals surface area (Å²) in [7, 11) is 1.59. The molecule has 0 fully saturated rings. The fourth-order valence-corrected chi connectivity index (χ4v) is 1.72. The third-order valence-corrected chi connectivity index (χ3v) is 2.53. The minimum Gasteiger partial charge on any atom is -0.497 e. The number of allylic oxidation sites excluding steroid dienone is 1. The van der Waals surface area contributed by atoms with Gasteiger partial charge in [-0.1, -0.05) is 12.2 Å². The van der Waals surface area contributed by atoms with Crippen molar-refractivity contribution in [1.82, 2.24) is 5.32 Å². The van der Waals surface area contributed by atoms with Gasteiger partial charge in [0.1, 0.15) is 5.76 Å². The van der Waals surface area contributed by atoms with Gasteiger partial charge in [-0.3, -0.25) is 9.59 Å². The molecule has 2 aliphatic rings. The summed E-state index contributed by atoms with van der Waals surface area (Å²) in [5.74, 6) is 0.432. The molecule has 0 aromatic heterocycles. The van der Waals surface area contributed by atoms with Crippen LogP contribution in [0.2, 0.25) is 0 Å². The number of aldehydes is 1. The number of carbonyl (C=O) groups excluding carboxylic acids is 2. The van der Waals surface area contributed by atoms with Gasteiger partial charge in [0.15, 0.2) is 6.29 Å². The molecule has 2 atom stereocenters. The Kier molecular flexibility index (Phi) is 2.41. The Morgan fingerprint density at radius 1 is 1.47 bits per heavy atom. The summed E-state index contributed by atoms with van der Waals surface area (Å²) >= 11 is 0. The quantitative estimate of drug-likeness (QED) is 0.522. The molecule has 0 bridgehead atoms. The first-order valence-corrected chi connectivity index (χ1v) is 4.66. The Balaban J connectivity index is 2.31. The lowest BCUT2D eigenvalue weighted by molar-refractivity contribution is -0.120. The van der Waals surface area contributed by atoms with Gasteiger partial charge >= 0.3 is 0 Å². The summed E-state index contributed by atoms with van der Waals surface area (Å²) in [4.78, 5) is 21.9. The van der Waals surface area contributed by atoms with Crippen LogP contribution in [-0.2, 0) is 14.3 Å². The van der Waals surface area contributed by atoms with Gasteiger partial charge in [0.2, 0.25) is 0 Å². The maximum absolute atomic E-state index is 11.3. The van der Waals surface area contributed by atoms with Gasteiger partial charge in [-0.25, -0.2) is 0 Å². The topological polar surface area (TPSA) is 55.4 Å². The summed E-state index contributed by atoms with van der Waals surface area (Å²) in [6.45, 7) is 0. The van der Waals surface area contributed by atoms with Crippen molar-refractivity contribution in [3.8, 4) is 0 Å². The smallest absolute Gasteiger partial charge is 0.254 e. The minimum absolute atomic E-state index is 0.00264. The van der Waals surface area contributed by atoms with Crippen LogP contribution in [0.15, 0.2) is 35.6 Å². The number of nitrogens with one attached hydrogen (secondary N) is 1. The van der Waals surface area contributed by atoms with Crippen molar-refractivity contribution < 1.29 is 14.3 Å². The fourth-order valence-electron chi connectivity index (χ4n) is 1.72. The number of hydrogen-bond acceptors (Lipinski definition) is 3. The van der Waals surface area contributed by atoms with E-state index in [0.717, 1.165) is 5.76 Å². The highest BCUT2D eigenvalue weighted by Crippen LogP contribution is 2.23. The molecule has 0 aromatic carbocycles. The number of amides is 1. The lowest BCUT2D eigenvalue weighted by Gasteiger charge is -2.28. The highest BCUT2D eigenvalue weighted by Gasteiger charge is 2.28. The zero-order valence-electron chi connectivity index (χ0n) is 8.27. The Morgan fingerprint density at radius 3 is 2.93 bits per heavy atom. The number of ether oxygens (including phenoxy) is 1. The highest BCUT2D eigenvalue weighted by atomic mass is 16.5. The summed E-state index contributed by atoms with van der Waals surface area (Å²) in [5, 5.41) is 2.74. The van der Waals surface area contributed by atoms with Gasteiger partial charge < -0.3 is 10.1 Å². The van der Waals surface area contributed by atoms with Crippen molar-refractivity contribution in [3.63, 3.8) is 0 Å². The van der Waals surface area contributed by atoms with Gasteiger partial charge in [-0.2, -0.15) is 0 Å². The summed E-state index contributed by atoms with van der Waals surface area (Å²) in [6, 6.07) is -0.0694. The molecule has 4 heteroatoms. The van der Waals surface area contributed by atoms with E-state index in [9.17, 15) is 9.59 Å². The maximum Gasteiger partial charge on any atom is 0.254 e. The molecule has 4 nitrogen and oxygen atoms in total. The van der Waals surface area contributed by atoms with Crippen LogP contribution in [0.5, 0.6) is 0 Å². The normalized spacial score (nSPS) is 28.5. The van der Waals surface area contributed by atoms with Crippen LogP contribution in [-0.4, -0.2) is 25.3 Å². The predicted molar refractivity (Wildman–Crippen MR) is 53.8 cm³/mol. The average molecular weight is 205 g/mol. The molecule has 1 aliphatic heterocycles. The Labute approximate surface area is 87.3 Å². The van der Waals surface area contributed by atoms with Crippen molar-refractivity contribution >= 4 is 12.2 Å². The molecule has 0 radical (unpaired) electrons. The average Bonchev–Trinajstić information content (AvgIpc) is 2.27. The van der Waals surface area contributed by atoms with Crippen molar-refractivity contribution in [2.24, 2.45) is 5.92 Å². The Bertz CT molecular complexity index is 393. The minimum atomic E-state index is -0.315. The largest absolute Gasteiger partial charge is 0.497 e. The van der Waals surface area contributed by atoms with Crippen molar-refractivity contribution in [2.45, 2.75) is 6.04 Å².